The summed E-state index contributed by atoms with van der Waals surface area (Å²) in [6, 6.07) is 10.4. The van der Waals surface area contributed by atoms with Crippen molar-refractivity contribution in [1.82, 2.24) is 10.2 Å². The Labute approximate surface area is 104 Å². The molecule has 1 aromatic rings. The van der Waals surface area contributed by atoms with Gasteiger partial charge in [-0.05, 0) is 43.6 Å². The number of nitrogens with zero attached hydrogens (tertiary/aromatic N) is 1. The van der Waals surface area contributed by atoms with Gasteiger partial charge in [-0.15, -0.1) is 0 Å². The van der Waals surface area contributed by atoms with Gasteiger partial charge in [-0.25, -0.2) is 0 Å². The Morgan fingerprint density at radius 2 is 2.18 bits per heavy atom. The van der Waals surface area contributed by atoms with E-state index in [4.69, 9.17) is 0 Å². The van der Waals surface area contributed by atoms with E-state index >= 15 is 0 Å². The van der Waals surface area contributed by atoms with Gasteiger partial charge in [-0.3, -0.25) is 0 Å². The van der Waals surface area contributed by atoms with Crippen molar-refractivity contribution in [2.45, 2.75) is 6.42 Å². The lowest BCUT2D eigenvalue weighted by Crippen LogP contribution is -2.26. The van der Waals surface area contributed by atoms with E-state index in [0.29, 0.717) is 0 Å². The molecule has 17 heavy (non-hydrogen) atoms. The summed E-state index contributed by atoms with van der Waals surface area (Å²) >= 11 is 0. The van der Waals surface area contributed by atoms with E-state index in [-0.39, 0.29) is 0 Å². The van der Waals surface area contributed by atoms with Gasteiger partial charge < -0.3 is 10.2 Å². The first kappa shape index (κ1) is 12.3. The van der Waals surface area contributed by atoms with Crippen LogP contribution in [0.1, 0.15) is 12.0 Å². The van der Waals surface area contributed by atoms with Crippen molar-refractivity contribution in [3.8, 4) is 0 Å². The molecule has 0 amide bonds. The summed E-state index contributed by atoms with van der Waals surface area (Å²) in [4.78, 5) is 2.40. The molecule has 2 nitrogen and oxygen atoms in total. The molecule has 92 valence electrons. The first-order chi connectivity index (χ1) is 8.25. The Balaban J connectivity index is 1.70. The van der Waals surface area contributed by atoms with E-state index in [1.807, 2.05) is 6.07 Å². The van der Waals surface area contributed by atoms with Crippen LogP contribution in [0.5, 0.6) is 0 Å². The van der Waals surface area contributed by atoms with Crippen LogP contribution in [0.25, 0.3) is 5.57 Å². The van der Waals surface area contributed by atoms with E-state index < -0.39 is 0 Å². The molecule has 0 aliphatic carbocycles. The van der Waals surface area contributed by atoms with Crippen LogP contribution in [0.2, 0.25) is 0 Å². The van der Waals surface area contributed by atoms with Crippen molar-refractivity contribution in [1.29, 1.82) is 0 Å². The van der Waals surface area contributed by atoms with Crippen LogP contribution in [0, 0.1) is 5.92 Å². The Bertz CT molecular complexity index is 358. The number of rotatable bonds is 5. The summed E-state index contributed by atoms with van der Waals surface area (Å²) in [5.74, 6) is 0.809. The smallest absolute Gasteiger partial charge is 0.0205 e. The Kier molecular flexibility index (Phi) is 4.35. The minimum atomic E-state index is 0.809. The summed E-state index contributed by atoms with van der Waals surface area (Å²) in [5.41, 5.74) is 2.42. The van der Waals surface area contributed by atoms with Gasteiger partial charge in [0, 0.05) is 13.1 Å². The van der Waals surface area contributed by atoms with Gasteiger partial charge >= 0.3 is 0 Å². The van der Waals surface area contributed by atoms with E-state index in [1.165, 1.54) is 30.6 Å². The van der Waals surface area contributed by atoms with E-state index in [1.54, 1.807) is 0 Å². The van der Waals surface area contributed by atoms with E-state index in [2.05, 4.69) is 48.1 Å². The Hall–Kier alpha value is -1.12. The molecule has 2 heteroatoms. The van der Waals surface area contributed by atoms with Crippen LogP contribution >= 0.6 is 0 Å². The normalized spacial score (nSPS) is 20.6. The lowest BCUT2D eigenvalue weighted by molar-refractivity contribution is 0.390. The molecule has 0 aromatic heterocycles. The summed E-state index contributed by atoms with van der Waals surface area (Å²) in [7, 11) is 2.20. The van der Waals surface area contributed by atoms with Crippen LogP contribution < -0.4 is 5.32 Å². The van der Waals surface area contributed by atoms with Gasteiger partial charge in [-0.2, -0.15) is 0 Å². The fourth-order valence-electron chi connectivity index (χ4n) is 2.40. The zero-order chi connectivity index (χ0) is 12.1. The monoisotopic (exact) mass is 230 g/mol. The molecule has 0 saturated carbocycles. The molecule has 2 rings (SSSR count). The molecule has 0 radical (unpaired) electrons. The van der Waals surface area contributed by atoms with Crippen LogP contribution in [0.3, 0.4) is 0 Å². The molecule has 1 heterocycles. The van der Waals surface area contributed by atoms with Crippen LogP contribution in [0.4, 0.5) is 0 Å². The molecular weight excluding hydrogens is 208 g/mol. The van der Waals surface area contributed by atoms with Gasteiger partial charge in [0.05, 0.1) is 0 Å². The molecule has 1 atom stereocenters. The summed E-state index contributed by atoms with van der Waals surface area (Å²) in [5, 5.41) is 3.52. The van der Waals surface area contributed by atoms with Crippen molar-refractivity contribution >= 4 is 5.57 Å². The molecule has 1 aliphatic rings. The molecular formula is C15H22N2. The number of likely N-dealkylation sites (tertiary alicyclic amines) is 1. The third-order valence-corrected chi connectivity index (χ3v) is 3.44. The topological polar surface area (TPSA) is 15.3 Å². The largest absolute Gasteiger partial charge is 0.312 e. The maximum Gasteiger partial charge on any atom is 0.0205 e. The highest BCUT2D eigenvalue weighted by Crippen LogP contribution is 2.14. The molecule has 0 spiro atoms. The van der Waals surface area contributed by atoms with Gasteiger partial charge in [-0.1, -0.05) is 36.9 Å². The predicted molar refractivity (Wildman–Crippen MR) is 73.9 cm³/mol. The summed E-state index contributed by atoms with van der Waals surface area (Å²) in [6.45, 7) is 8.60. The fraction of sp³-hybridized carbons (Fsp3) is 0.467. The van der Waals surface area contributed by atoms with Gasteiger partial charge in [0.2, 0.25) is 0 Å². The standard InChI is InChI=1S/C15H22N2/c1-13(15-6-4-3-5-7-15)10-16-11-14-8-9-17(2)12-14/h3-7,14,16H,1,8-12H2,2H3. The third kappa shape index (κ3) is 3.69. The first-order valence-electron chi connectivity index (χ1n) is 6.38. The highest BCUT2D eigenvalue weighted by molar-refractivity contribution is 5.64. The average Bonchev–Trinajstić information content (AvgIpc) is 2.76. The van der Waals surface area contributed by atoms with Crippen molar-refractivity contribution < 1.29 is 0 Å². The molecule has 1 aliphatic heterocycles. The SMILES string of the molecule is C=C(CNCC1CCN(C)C1)c1ccccc1. The highest BCUT2D eigenvalue weighted by atomic mass is 15.1. The second-order valence-corrected chi connectivity index (χ2v) is 5.02. The van der Waals surface area contributed by atoms with Gasteiger partial charge in [0.25, 0.3) is 0 Å². The minimum Gasteiger partial charge on any atom is -0.312 e. The second-order valence-electron chi connectivity index (χ2n) is 5.02. The molecule has 1 N–H and O–H groups in total. The van der Waals surface area contributed by atoms with Crippen molar-refractivity contribution in [2.24, 2.45) is 5.92 Å². The maximum atomic E-state index is 4.13. The number of nitrogens with one attached hydrogen (secondary N) is 1. The van der Waals surface area contributed by atoms with Gasteiger partial charge in [0.1, 0.15) is 0 Å². The predicted octanol–water partition coefficient (Wildman–Crippen LogP) is 2.24. The quantitative estimate of drug-likeness (QED) is 0.834. The summed E-state index contributed by atoms with van der Waals surface area (Å²) in [6.07, 6.45) is 1.32. The van der Waals surface area contributed by atoms with Gasteiger partial charge in [0.15, 0.2) is 0 Å². The van der Waals surface area contributed by atoms with Crippen LogP contribution in [-0.2, 0) is 0 Å². The molecule has 1 aromatic carbocycles. The maximum absolute atomic E-state index is 4.13. The fourth-order valence-corrected chi connectivity index (χ4v) is 2.40. The highest BCUT2D eigenvalue weighted by Gasteiger charge is 2.18. The summed E-state index contributed by atoms with van der Waals surface area (Å²) < 4.78 is 0. The lowest BCUT2D eigenvalue weighted by Gasteiger charge is -2.12. The zero-order valence-corrected chi connectivity index (χ0v) is 10.7. The van der Waals surface area contributed by atoms with Crippen molar-refractivity contribution in [3.63, 3.8) is 0 Å². The van der Waals surface area contributed by atoms with Crippen molar-refractivity contribution in [3.05, 3.63) is 42.5 Å². The first-order valence-corrected chi connectivity index (χ1v) is 6.38. The van der Waals surface area contributed by atoms with E-state index in [0.717, 1.165) is 19.0 Å². The van der Waals surface area contributed by atoms with Crippen LogP contribution in [0.15, 0.2) is 36.9 Å². The zero-order valence-electron chi connectivity index (χ0n) is 10.7. The van der Waals surface area contributed by atoms with Crippen LogP contribution in [-0.4, -0.2) is 38.1 Å². The van der Waals surface area contributed by atoms with Crippen molar-refractivity contribution in [2.75, 3.05) is 33.2 Å². The molecule has 1 saturated heterocycles. The number of hydrogen-bond donors (Lipinski definition) is 1. The number of hydrogen-bond acceptors (Lipinski definition) is 2. The Morgan fingerprint density at radius 3 is 2.82 bits per heavy atom. The third-order valence-electron chi connectivity index (χ3n) is 3.44. The molecule has 0 bridgehead atoms. The number of benzene rings is 1. The Morgan fingerprint density at radius 1 is 1.41 bits per heavy atom. The lowest BCUT2D eigenvalue weighted by atomic mass is 10.1. The second kappa shape index (κ2) is 5.99. The van der Waals surface area contributed by atoms with E-state index in [9.17, 15) is 0 Å². The molecule has 1 fully saturated rings. The molecule has 1 unspecified atom stereocenters. The average molecular weight is 230 g/mol. The minimum absolute atomic E-state index is 0.809.